The van der Waals surface area contributed by atoms with Crippen LogP contribution >= 0.6 is 0 Å². The van der Waals surface area contributed by atoms with Crippen LogP contribution in [0, 0.1) is 0 Å². The van der Waals surface area contributed by atoms with Crippen molar-refractivity contribution < 1.29 is 19.1 Å². The monoisotopic (exact) mass is 240 g/mol. The minimum Gasteiger partial charge on any atom is -0.385 e. The fourth-order valence-electron chi connectivity index (χ4n) is 1.40. The summed E-state index contributed by atoms with van der Waals surface area (Å²) >= 11 is 0. The first-order valence-electron chi connectivity index (χ1n) is 5.44. The maximum Gasteiger partial charge on any atom is 0.253 e. The summed E-state index contributed by atoms with van der Waals surface area (Å²) in [7, 11) is 1.60. The second-order valence-corrected chi connectivity index (χ2v) is 3.61. The number of methoxy groups -OCH3 is 1. The highest BCUT2D eigenvalue weighted by Crippen LogP contribution is 2.03. The third-order valence-corrected chi connectivity index (χ3v) is 2.31. The maximum atomic E-state index is 11.4. The molecular formula is C11H16N2O4. The average Bonchev–Trinajstić information content (AvgIpc) is 2.62. The van der Waals surface area contributed by atoms with Crippen molar-refractivity contribution in [2.75, 3.05) is 26.8 Å². The second kappa shape index (κ2) is 6.80. The highest BCUT2D eigenvalue weighted by molar-refractivity contribution is 6.13. The van der Waals surface area contributed by atoms with Crippen molar-refractivity contribution in [1.82, 2.24) is 10.2 Å². The molecule has 6 nitrogen and oxygen atoms in total. The van der Waals surface area contributed by atoms with Gasteiger partial charge in [0, 0.05) is 45.4 Å². The molecule has 1 aliphatic heterocycles. The molecule has 0 atom stereocenters. The van der Waals surface area contributed by atoms with E-state index in [-0.39, 0.29) is 30.7 Å². The van der Waals surface area contributed by atoms with E-state index < -0.39 is 0 Å². The first kappa shape index (κ1) is 13.4. The van der Waals surface area contributed by atoms with Crippen molar-refractivity contribution in [2.45, 2.75) is 12.8 Å². The summed E-state index contributed by atoms with van der Waals surface area (Å²) in [5.41, 5.74) is 0. The number of amides is 3. The molecule has 3 amide bonds. The number of hydrogen-bond donors (Lipinski definition) is 1. The maximum absolute atomic E-state index is 11.4. The first-order chi connectivity index (χ1) is 8.15. The molecular weight excluding hydrogens is 224 g/mol. The van der Waals surface area contributed by atoms with E-state index in [1.165, 1.54) is 12.2 Å². The Kier molecular flexibility index (Phi) is 5.35. The first-order valence-corrected chi connectivity index (χ1v) is 5.44. The number of rotatable bonds is 7. The van der Waals surface area contributed by atoms with Gasteiger partial charge in [0.15, 0.2) is 0 Å². The van der Waals surface area contributed by atoms with Crippen LogP contribution in [-0.4, -0.2) is 49.4 Å². The Morgan fingerprint density at radius 3 is 2.59 bits per heavy atom. The van der Waals surface area contributed by atoms with Crippen LogP contribution in [-0.2, 0) is 19.1 Å². The highest BCUT2D eigenvalue weighted by atomic mass is 16.5. The molecule has 6 heteroatoms. The highest BCUT2D eigenvalue weighted by Gasteiger charge is 2.23. The largest absolute Gasteiger partial charge is 0.385 e. The molecule has 94 valence electrons. The van der Waals surface area contributed by atoms with Gasteiger partial charge in [-0.3, -0.25) is 19.3 Å². The lowest BCUT2D eigenvalue weighted by molar-refractivity contribution is -0.137. The third-order valence-electron chi connectivity index (χ3n) is 2.31. The van der Waals surface area contributed by atoms with Crippen LogP contribution in [0.3, 0.4) is 0 Å². The van der Waals surface area contributed by atoms with Crippen molar-refractivity contribution in [2.24, 2.45) is 0 Å². The molecule has 1 N–H and O–H groups in total. The van der Waals surface area contributed by atoms with Crippen LogP contribution in [0.1, 0.15) is 12.8 Å². The summed E-state index contributed by atoms with van der Waals surface area (Å²) < 4.78 is 4.84. The van der Waals surface area contributed by atoms with E-state index in [4.69, 9.17) is 4.74 Å². The Balaban J connectivity index is 2.16. The SMILES string of the molecule is COCCCNC(=O)CCN1C(=O)C=CC1=O. The summed E-state index contributed by atoms with van der Waals surface area (Å²) in [5.74, 6) is -0.891. The van der Waals surface area contributed by atoms with Gasteiger partial charge in [0.25, 0.3) is 11.8 Å². The zero-order valence-electron chi connectivity index (χ0n) is 9.77. The molecule has 0 fully saturated rings. The van der Waals surface area contributed by atoms with Gasteiger partial charge in [-0.2, -0.15) is 0 Å². The van der Waals surface area contributed by atoms with Gasteiger partial charge in [-0.05, 0) is 6.42 Å². The Morgan fingerprint density at radius 1 is 1.35 bits per heavy atom. The smallest absolute Gasteiger partial charge is 0.253 e. The molecule has 0 radical (unpaired) electrons. The lowest BCUT2D eigenvalue weighted by atomic mass is 10.3. The summed E-state index contributed by atoms with van der Waals surface area (Å²) in [5, 5.41) is 2.68. The van der Waals surface area contributed by atoms with Crippen molar-refractivity contribution in [3.8, 4) is 0 Å². The lowest BCUT2D eigenvalue weighted by Crippen LogP contribution is -2.35. The molecule has 0 spiro atoms. The molecule has 0 saturated carbocycles. The van der Waals surface area contributed by atoms with Crippen LogP contribution < -0.4 is 5.32 Å². The number of carbonyl (C=O) groups excluding carboxylic acids is 3. The lowest BCUT2D eigenvalue weighted by Gasteiger charge is -2.13. The van der Waals surface area contributed by atoms with Crippen LogP contribution in [0.15, 0.2) is 12.2 Å². The quantitative estimate of drug-likeness (QED) is 0.479. The van der Waals surface area contributed by atoms with Gasteiger partial charge in [-0.25, -0.2) is 0 Å². The van der Waals surface area contributed by atoms with Crippen LogP contribution in [0.25, 0.3) is 0 Å². The summed E-state index contributed by atoms with van der Waals surface area (Å²) in [6.45, 7) is 1.25. The van der Waals surface area contributed by atoms with Crippen LogP contribution in [0.4, 0.5) is 0 Å². The van der Waals surface area contributed by atoms with E-state index in [0.717, 1.165) is 11.3 Å². The van der Waals surface area contributed by atoms with Gasteiger partial charge < -0.3 is 10.1 Å². The zero-order valence-corrected chi connectivity index (χ0v) is 9.77. The van der Waals surface area contributed by atoms with Crippen LogP contribution in [0.5, 0.6) is 0 Å². The minimum absolute atomic E-state index is 0.126. The average molecular weight is 240 g/mol. The van der Waals surface area contributed by atoms with E-state index in [9.17, 15) is 14.4 Å². The molecule has 17 heavy (non-hydrogen) atoms. The van der Waals surface area contributed by atoms with E-state index in [2.05, 4.69) is 5.32 Å². The minimum atomic E-state index is -0.359. The van der Waals surface area contributed by atoms with E-state index in [1.54, 1.807) is 7.11 Å². The number of imide groups is 1. The Labute approximate surface area is 99.6 Å². The standard InChI is InChI=1S/C11H16N2O4/c1-17-8-2-6-12-9(14)5-7-13-10(15)3-4-11(13)16/h3-4H,2,5-8H2,1H3,(H,12,14). The summed E-state index contributed by atoms with van der Waals surface area (Å²) in [4.78, 5) is 34.7. The molecule has 1 aliphatic rings. The third kappa shape index (κ3) is 4.36. The van der Waals surface area contributed by atoms with Gasteiger partial charge in [-0.15, -0.1) is 0 Å². The second-order valence-electron chi connectivity index (χ2n) is 3.61. The van der Waals surface area contributed by atoms with Gasteiger partial charge in [0.05, 0.1) is 0 Å². The number of ether oxygens (including phenoxy) is 1. The number of nitrogens with one attached hydrogen (secondary N) is 1. The normalized spacial score (nSPS) is 14.5. The molecule has 0 bridgehead atoms. The van der Waals surface area contributed by atoms with E-state index >= 15 is 0 Å². The van der Waals surface area contributed by atoms with E-state index in [0.29, 0.717) is 13.2 Å². The number of nitrogens with zero attached hydrogens (tertiary/aromatic N) is 1. The fraction of sp³-hybridized carbons (Fsp3) is 0.545. The van der Waals surface area contributed by atoms with Gasteiger partial charge in [0.1, 0.15) is 0 Å². The summed E-state index contributed by atoms with van der Waals surface area (Å²) in [6, 6.07) is 0. The molecule has 1 rings (SSSR count). The molecule has 0 aliphatic carbocycles. The van der Waals surface area contributed by atoms with Gasteiger partial charge in [-0.1, -0.05) is 0 Å². The topological polar surface area (TPSA) is 75.7 Å². The molecule has 0 unspecified atom stereocenters. The van der Waals surface area contributed by atoms with Crippen molar-refractivity contribution >= 4 is 17.7 Å². The zero-order chi connectivity index (χ0) is 12.7. The molecule has 0 saturated heterocycles. The molecule has 0 aromatic carbocycles. The van der Waals surface area contributed by atoms with Crippen molar-refractivity contribution in [1.29, 1.82) is 0 Å². The van der Waals surface area contributed by atoms with E-state index in [1.807, 2.05) is 0 Å². The van der Waals surface area contributed by atoms with Gasteiger partial charge in [0.2, 0.25) is 5.91 Å². The number of carbonyl (C=O) groups is 3. The van der Waals surface area contributed by atoms with Gasteiger partial charge >= 0.3 is 0 Å². The Morgan fingerprint density at radius 2 is 2.00 bits per heavy atom. The Hall–Kier alpha value is -1.69. The fourth-order valence-corrected chi connectivity index (χ4v) is 1.40. The predicted molar refractivity (Wildman–Crippen MR) is 60.0 cm³/mol. The summed E-state index contributed by atoms with van der Waals surface area (Å²) in [6.07, 6.45) is 3.29. The predicted octanol–water partition coefficient (Wildman–Crippen LogP) is -0.546. The van der Waals surface area contributed by atoms with Crippen molar-refractivity contribution in [3.05, 3.63) is 12.2 Å². The molecule has 1 heterocycles. The Bertz CT molecular complexity index is 320. The number of hydrogen-bond acceptors (Lipinski definition) is 4. The molecule has 0 aromatic heterocycles. The molecule has 0 aromatic rings. The van der Waals surface area contributed by atoms with Crippen LogP contribution in [0.2, 0.25) is 0 Å². The van der Waals surface area contributed by atoms with Crippen molar-refractivity contribution in [3.63, 3.8) is 0 Å².